The van der Waals surface area contributed by atoms with Crippen molar-refractivity contribution >= 4 is 10.8 Å². The lowest BCUT2D eigenvalue weighted by atomic mass is 9.91. The maximum atomic E-state index is 13.5. The van der Waals surface area contributed by atoms with Gasteiger partial charge in [0.1, 0.15) is 12.9 Å². The minimum atomic E-state index is -2.17. The van der Waals surface area contributed by atoms with Crippen molar-refractivity contribution in [2.75, 3.05) is 0 Å². The average molecular weight is 416 g/mol. The molecule has 0 spiro atoms. The first-order valence-corrected chi connectivity index (χ1v) is 10.8. The average Bonchev–Trinajstić information content (AvgIpc) is 2.74. The number of aryl methyl sites for hydroxylation is 3. The van der Waals surface area contributed by atoms with Gasteiger partial charge in [0.15, 0.2) is 6.20 Å². The van der Waals surface area contributed by atoms with Crippen LogP contribution in [0.2, 0.25) is 0 Å². The smallest absolute Gasteiger partial charge is 0.207 e. The molecule has 0 aliphatic carbocycles. The molecule has 0 saturated carbocycles. The Labute approximate surface area is 189 Å². The molecule has 1 nitrogen and oxygen atoms in total. The molecule has 31 heavy (non-hydrogen) atoms. The summed E-state index contributed by atoms with van der Waals surface area (Å²) in [5.74, 6) is 0.235. The fourth-order valence-corrected chi connectivity index (χ4v) is 4.34. The van der Waals surface area contributed by atoms with Crippen molar-refractivity contribution in [2.45, 2.75) is 41.0 Å². The molecule has 4 aromatic rings. The maximum absolute atomic E-state index is 13.5. The van der Waals surface area contributed by atoms with Gasteiger partial charge in [0, 0.05) is 21.1 Å². The number of benzene rings is 3. The van der Waals surface area contributed by atoms with Gasteiger partial charge in [0.2, 0.25) is 5.69 Å². The standard InChI is InChI=1S/C29H31FN/c1-18(2)11-24-14-23(22-7-9-26(30)10-8-22)15-25-16-29(31(6)17-28(24)25)27-13-19(3)12-20(4)21(27)5/h7-10,12-18H,11H2,1-6H3/q+1/i4D3. The lowest BCUT2D eigenvalue weighted by Gasteiger charge is -2.14. The third-order valence-electron chi connectivity index (χ3n) is 5.93. The monoisotopic (exact) mass is 415 g/mol. The molecule has 0 saturated heterocycles. The molecule has 4 rings (SSSR count). The largest absolute Gasteiger partial charge is 0.213 e. The molecule has 0 radical (unpaired) electrons. The number of hydrogen-bond donors (Lipinski definition) is 0. The van der Waals surface area contributed by atoms with Crippen molar-refractivity contribution in [2.24, 2.45) is 13.0 Å². The van der Waals surface area contributed by atoms with Crippen molar-refractivity contribution in [3.63, 3.8) is 0 Å². The van der Waals surface area contributed by atoms with E-state index in [9.17, 15) is 4.39 Å². The molecule has 0 amide bonds. The quantitative estimate of drug-likeness (QED) is 0.309. The predicted octanol–water partition coefficient (Wildman–Crippen LogP) is 7.26. The van der Waals surface area contributed by atoms with Gasteiger partial charge in [-0.2, -0.15) is 0 Å². The summed E-state index contributed by atoms with van der Waals surface area (Å²) in [6, 6.07) is 16.9. The first-order chi connectivity index (χ1) is 15.9. The fourth-order valence-electron chi connectivity index (χ4n) is 4.34. The Kier molecular flexibility index (Phi) is 4.71. The molecule has 0 bridgehead atoms. The second-order valence-electron chi connectivity index (χ2n) is 9.00. The zero-order valence-electron chi connectivity index (χ0n) is 21.9. The molecule has 2 heteroatoms. The number of aromatic nitrogens is 1. The molecular formula is C29H31FN+. The molecular weight excluding hydrogens is 381 g/mol. The summed E-state index contributed by atoms with van der Waals surface area (Å²) in [6.07, 6.45) is 3.07. The summed E-state index contributed by atoms with van der Waals surface area (Å²) < 4.78 is 39.6. The molecule has 0 aliphatic rings. The molecule has 0 atom stereocenters. The molecule has 0 unspecified atom stereocenters. The Morgan fingerprint density at radius 3 is 2.39 bits per heavy atom. The Hall–Kier alpha value is -3.00. The SMILES string of the molecule is [2H]C([2H])([2H])c1cc(C)cc(-c2cc3cc(-c4ccc(F)cc4)cc(CC(C)C)c3c[n+]2C)c1C. The van der Waals surface area contributed by atoms with Gasteiger partial charge in [-0.05, 0) is 90.5 Å². The molecule has 3 aromatic carbocycles. The minimum absolute atomic E-state index is 0.249. The van der Waals surface area contributed by atoms with Gasteiger partial charge in [0.25, 0.3) is 0 Å². The Bertz CT molecular complexity index is 1370. The predicted molar refractivity (Wildman–Crippen MR) is 129 cm³/mol. The van der Waals surface area contributed by atoms with Crippen molar-refractivity contribution in [3.05, 3.63) is 88.9 Å². The molecule has 0 aliphatic heterocycles. The van der Waals surface area contributed by atoms with Crippen molar-refractivity contribution < 1.29 is 13.1 Å². The Morgan fingerprint density at radius 1 is 0.968 bits per heavy atom. The van der Waals surface area contributed by atoms with Crippen LogP contribution in [0.1, 0.15) is 40.2 Å². The van der Waals surface area contributed by atoms with Gasteiger partial charge in [-0.25, -0.2) is 8.96 Å². The minimum Gasteiger partial charge on any atom is -0.207 e. The van der Waals surface area contributed by atoms with Crippen LogP contribution in [0.15, 0.2) is 60.8 Å². The highest BCUT2D eigenvalue weighted by molar-refractivity contribution is 5.91. The van der Waals surface area contributed by atoms with Crippen LogP contribution in [0.4, 0.5) is 4.39 Å². The van der Waals surface area contributed by atoms with E-state index in [0.29, 0.717) is 11.5 Å². The van der Waals surface area contributed by atoms with Gasteiger partial charge in [-0.15, -0.1) is 0 Å². The van der Waals surface area contributed by atoms with E-state index in [2.05, 4.69) is 48.9 Å². The first-order valence-electron chi connectivity index (χ1n) is 12.3. The normalized spacial score (nSPS) is 13.3. The van der Waals surface area contributed by atoms with Crippen LogP contribution >= 0.6 is 0 Å². The molecule has 0 N–H and O–H groups in total. The van der Waals surface area contributed by atoms with Crippen LogP contribution in [-0.4, -0.2) is 0 Å². The van der Waals surface area contributed by atoms with E-state index in [4.69, 9.17) is 4.11 Å². The summed E-state index contributed by atoms with van der Waals surface area (Å²) >= 11 is 0. The van der Waals surface area contributed by atoms with Gasteiger partial charge >= 0.3 is 0 Å². The van der Waals surface area contributed by atoms with Crippen LogP contribution in [0.5, 0.6) is 0 Å². The van der Waals surface area contributed by atoms with Gasteiger partial charge in [-0.1, -0.05) is 43.7 Å². The third kappa shape index (κ3) is 4.25. The molecule has 1 heterocycles. The van der Waals surface area contributed by atoms with Crippen molar-refractivity contribution in [1.29, 1.82) is 0 Å². The summed E-state index contributed by atoms with van der Waals surface area (Å²) in [5, 5.41) is 2.26. The van der Waals surface area contributed by atoms with Crippen LogP contribution in [0.25, 0.3) is 33.2 Å². The van der Waals surface area contributed by atoms with E-state index in [1.807, 2.05) is 33.0 Å². The van der Waals surface area contributed by atoms with Gasteiger partial charge in [0.05, 0.1) is 0 Å². The zero-order chi connectivity index (χ0) is 24.8. The highest BCUT2D eigenvalue weighted by Gasteiger charge is 2.18. The number of pyridine rings is 1. The number of rotatable bonds is 4. The second-order valence-corrected chi connectivity index (χ2v) is 9.00. The molecule has 0 fully saturated rings. The zero-order valence-corrected chi connectivity index (χ0v) is 18.9. The van der Waals surface area contributed by atoms with Gasteiger partial charge in [-0.3, -0.25) is 0 Å². The Balaban J connectivity index is 1.99. The number of nitrogens with zero attached hydrogens (tertiary/aromatic N) is 1. The topological polar surface area (TPSA) is 3.88 Å². The lowest BCUT2D eigenvalue weighted by molar-refractivity contribution is -0.659. The summed E-state index contributed by atoms with van der Waals surface area (Å²) in [6.45, 7) is 6.07. The van der Waals surface area contributed by atoms with E-state index in [1.54, 1.807) is 6.07 Å². The van der Waals surface area contributed by atoms with E-state index in [-0.39, 0.29) is 5.82 Å². The summed E-state index contributed by atoms with van der Waals surface area (Å²) in [5.41, 5.74) is 7.25. The maximum Gasteiger partial charge on any atom is 0.213 e. The highest BCUT2D eigenvalue weighted by atomic mass is 19.1. The lowest BCUT2D eigenvalue weighted by Crippen LogP contribution is -2.31. The van der Waals surface area contributed by atoms with Gasteiger partial charge < -0.3 is 0 Å². The molecule has 1 aromatic heterocycles. The van der Waals surface area contributed by atoms with E-state index in [1.165, 1.54) is 23.1 Å². The molecule has 158 valence electrons. The van der Waals surface area contributed by atoms with Crippen molar-refractivity contribution in [1.82, 2.24) is 0 Å². The number of fused-ring (bicyclic) bond motifs is 1. The second kappa shape index (κ2) is 8.26. The number of halogens is 1. The summed E-state index contributed by atoms with van der Waals surface area (Å²) in [7, 11) is 2.01. The fraction of sp³-hybridized carbons (Fsp3) is 0.276. The van der Waals surface area contributed by atoms with Crippen LogP contribution in [-0.2, 0) is 13.5 Å². The third-order valence-corrected chi connectivity index (χ3v) is 5.93. The van der Waals surface area contributed by atoms with Crippen LogP contribution in [0, 0.1) is 32.4 Å². The van der Waals surface area contributed by atoms with E-state index < -0.39 is 6.85 Å². The number of hydrogen-bond acceptors (Lipinski definition) is 0. The Morgan fingerprint density at radius 2 is 1.71 bits per heavy atom. The highest BCUT2D eigenvalue weighted by Crippen LogP contribution is 2.32. The van der Waals surface area contributed by atoms with Crippen LogP contribution in [0.3, 0.4) is 0 Å². The van der Waals surface area contributed by atoms with Crippen molar-refractivity contribution in [3.8, 4) is 22.4 Å². The van der Waals surface area contributed by atoms with E-state index in [0.717, 1.165) is 45.3 Å². The van der Waals surface area contributed by atoms with E-state index >= 15 is 0 Å². The summed E-state index contributed by atoms with van der Waals surface area (Å²) in [4.78, 5) is 0. The van der Waals surface area contributed by atoms with Crippen LogP contribution < -0.4 is 4.57 Å². The first kappa shape index (κ1) is 17.7.